The number of nitrogens with zero attached hydrogens (tertiary/aromatic N) is 3. The maximum Gasteiger partial charge on any atom is 0.225 e. The van der Waals surface area contributed by atoms with Crippen molar-refractivity contribution >= 4 is 11.8 Å². The van der Waals surface area contributed by atoms with E-state index in [0.717, 1.165) is 65.0 Å². The first-order valence-corrected chi connectivity index (χ1v) is 9.95. The van der Waals surface area contributed by atoms with E-state index in [1.165, 1.54) is 0 Å². The van der Waals surface area contributed by atoms with Crippen molar-refractivity contribution in [1.29, 1.82) is 0 Å². The minimum absolute atomic E-state index is 0.0958. The summed E-state index contributed by atoms with van der Waals surface area (Å²) in [6.07, 6.45) is 4.09. The summed E-state index contributed by atoms with van der Waals surface area (Å²) in [7, 11) is 0. The Bertz CT molecular complexity index is 461. The van der Waals surface area contributed by atoms with Crippen molar-refractivity contribution < 1.29 is 14.3 Å². The van der Waals surface area contributed by atoms with Crippen molar-refractivity contribution in [2.75, 3.05) is 52.5 Å². The van der Waals surface area contributed by atoms with Crippen LogP contribution < -0.4 is 0 Å². The third-order valence-electron chi connectivity index (χ3n) is 5.99. The smallest absolute Gasteiger partial charge is 0.225 e. The molecule has 0 bridgehead atoms. The molecule has 3 aliphatic heterocycles. The van der Waals surface area contributed by atoms with Crippen LogP contribution in [0, 0.1) is 11.8 Å². The molecule has 0 N–H and O–H groups in total. The van der Waals surface area contributed by atoms with Crippen molar-refractivity contribution in [3.63, 3.8) is 0 Å². The average molecular weight is 351 g/mol. The molecule has 0 aromatic heterocycles. The van der Waals surface area contributed by atoms with Crippen LogP contribution in [0.3, 0.4) is 0 Å². The van der Waals surface area contributed by atoms with E-state index < -0.39 is 0 Å². The molecule has 0 atom stereocenters. The fourth-order valence-corrected chi connectivity index (χ4v) is 4.37. The molecule has 0 aliphatic carbocycles. The summed E-state index contributed by atoms with van der Waals surface area (Å²) in [6, 6.07) is 0.579. The van der Waals surface area contributed by atoms with Gasteiger partial charge in [0.15, 0.2) is 0 Å². The lowest BCUT2D eigenvalue weighted by Gasteiger charge is -2.42. The number of piperidine rings is 2. The first kappa shape index (κ1) is 18.6. The minimum atomic E-state index is 0.0958. The average Bonchev–Trinajstić information content (AvgIpc) is 2.67. The zero-order valence-electron chi connectivity index (χ0n) is 15.8. The molecule has 25 heavy (non-hydrogen) atoms. The van der Waals surface area contributed by atoms with Crippen molar-refractivity contribution in [3.05, 3.63) is 0 Å². The molecule has 2 amide bonds. The second-order valence-electron chi connectivity index (χ2n) is 7.96. The van der Waals surface area contributed by atoms with E-state index in [9.17, 15) is 9.59 Å². The summed E-state index contributed by atoms with van der Waals surface area (Å²) in [5.74, 6) is 0.906. The van der Waals surface area contributed by atoms with Crippen LogP contribution in [0.2, 0.25) is 0 Å². The fourth-order valence-electron chi connectivity index (χ4n) is 4.37. The number of hydrogen-bond acceptors (Lipinski definition) is 4. The number of carbonyl (C=O) groups excluding carboxylic acids is 2. The van der Waals surface area contributed by atoms with Crippen molar-refractivity contribution in [3.8, 4) is 0 Å². The van der Waals surface area contributed by atoms with Gasteiger partial charge >= 0.3 is 0 Å². The molecule has 6 nitrogen and oxygen atoms in total. The van der Waals surface area contributed by atoms with Crippen LogP contribution in [0.15, 0.2) is 0 Å². The summed E-state index contributed by atoms with van der Waals surface area (Å²) >= 11 is 0. The summed E-state index contributed by atoms with van der Waals surface area (Å²) in [6.45, 7) is 10.6. The number of likely N-dealkylation sites (tertiary alicyclic amines) is 2. The minimum Gasteiger partial charge on any atom is -0.378 e. The Labute approximate surface area is 151 Å². The highest BCUT2D eigenvalue weighted by Crippen LogP contribution is 2.26. The lowest BCUT2D eigenvalue weighted by molar-refractivity contribution is -0.142. The highest BCUT2D eigenvalue weighted by Gasteiger charge is 2.33. The van der Waals surface area contributed by atoms with E-state index >= 15 is 0 Å². The summed E-state index contributed by atoms with van der Waals surface area (Å²) in [4.78, 5) is 31.3. The van der Waals surface area contributed by atoms with Gasteiger partial charge in [-0.15, -0.1) is 0 Å². The maximum absolute atomic E-state index is 12.6. The third kappa shape index (κ3) is 4.53. The molecule has 0 radical (unpaired) electrons. The molecular weight excluding hydrogens is 318 g/mol. The third-order valence-corrected chi connectivity index (χ3v) is 5.99. The molecule has 3 aliphatic rings. The largest absolute Gasteiger partial charge is 0.378 e. The van der Waals surface area contributed by atoms with Gasteiger partial charge in [-0.25, -0.2) is 0 Å². The van der Waals surface area contributed by atoms with Gasteiger partial charge in [-0.3, -0.25) is 9.59 Å². The summed E-state index contributed by atoms with van der Waals surface area (Å²) in [5.41, 5.74) is 0. The highest BCUT2D eigenvalue weighted by molar-refractivity contribution is 5.79. The molecule has 0 unspecified atom stereocenters. The SMILES string of the molecule is CC(C)C(=O)N1CCC(N2CCC(C(=O)N3CCOCC3)CC2)CC1. The van der Waals surface area contributed by atoms with Crippen molar-refractivity contribution in [1.82, 2.24) is 14.7 Å². The lowest BCUT2D eigenvalue weighted by Crippen LogP contribution is -2.51. The lowest BCUT2D eigenvalue weighted by atomic mass is 9.92. The van der Waals surface area contributed by atoms with Gasteiger partial charge < -0.3 is 19.4 Å². The number of morpholine rings is 1. The second-order valence-corrected chi connectivity index (χ2v) is 7.96. The van der Waals surface area contributed by atoms with Gasteiger partial charge in [0.1, 0.15) is 0 Å². The number of carbonyl (C=O) groups is 2. The predicted molar refractivity (Wildman–Crippen MR) is 96.1 cm³/mol. The summed E-state index contributed by atoms with van der Waals surface area (Å²) in [5, 5.41) is 0. The van der Waals surface area contributed by atoms with Crippen LogP contribution in [0.5, 0.6) is 0 Å². The van der Waals surface area contributed by atoms with Gasteiger partial charge in [0.05, 0.1) is 13.2 Å². The Balaban J connectivity index is 1.42. The molecule has 3 fully saturated rings. The van der Waals surface area contributed by atoms with Gasteiger partial charge in [0, 0.05) is 44.1 Å². The maximum atomic E-state index is 12.6. The van der Waals surface area contributed by atoms with Gasteiger partial charge in [0.2, 0.25) is 11.8 Å². The van der Waals surface area contributed by atoms with Crippen LogP contribution in [0.25, 0.3) is 0 Å². The number of ether oxygens (including phenoxy) is 1. The van der Waals surface area contributed by atoms with Gasteiger partial charge in [-0.2, -0.15) is 0 Å². The number of rotatable bonds is 3. The standard InChI is InChI=1S/C19H33N3O3/c1-15(2)18(23)21-9-5-17(6-10-21)20-7-3-16(4-8-20)19(24)22-11-13-25-14-12-22/h15-17H,3-14H2,1-2H3. The molecule has 0 spiro atoms. The van der Waals surface area contributed by atoms with Crippen molar-refractivity contribution in [2.45, 2.75) is 45.6 Å². The van der Waals surface area contributed by atoms with Gasteiger partial charge in [-0.1, -0.05) is 13.8 Å². The van der Waals surface area contributed by atoms with Gasteiger partial charge in [-0.05, 0) is 38.8 Å². The molecule has 142 valence electrons. The Hall–Kier alpha value is -1.14. The molecule has 0 aromatic rings. The van der Waals surface area contributed by atoms with E-state index in [4.69, 9.17) is 4.74 Å². The van der Waals surface area contributed by atoms with Gasteiger partial charge in [0.25, 0.3) is 0 Å². The van der Waals surface area contributed by atoms with Crippen molar-refractivity contribution in [2.24, 2.45) is 11.8 Å². The first-order chi connectivity index (χ1) is 12.1. The van der Waals surface area contributed by atoms with Crippen LogP contribution in [-0.4, -0.2) is 85.0 Å². The zero-order valence-corrected chi connectivity index (χ0v) is 15.8. The zero-order chi connectivity index (χ0) is 17.8. The van der Waals surface area contributed by atoms with Crippen LogP contribution in [0.4, 0.5) is 0 Å². The van der Waals surface area contributed by atoms with Crippen LogP contribution >= 0.6 is 0 Å². The van der Waals surface area contributed by atoms with E-state index in [2.05, 4.69) is 4.90 Å². The van der Waals surface area contributed by atoms with Crippen LogP contribution in [0.1, 0.15) is 39.5 Å². The van der Waals surface area contributed by atoms with E-state index in [1.807, 2.05) is 23.6 Å². The molecule has 6 heteroatoms. The van der Waals surface area contributed by atoms with E-state index in [1.54, 1.807) is 0 Å². The van der Waals surface area contributed by atoms with E-state index in [-0.39, 0.29) is 17.7 Å². The Morgan fingerprint density at radius 1 is 0.840 bits per heavy atom. The Morgan fingerprint density at radius 2 is 1.44 bits per heavy atom. The first-order valence-electron chi connectivity index (χ1n) is 9.95. The highest BCUT2D eigenvalue weighted by atomic mass is 16.5. The quantitative estimate of drug-likeness (QED) is 0.767. The second kappa shape index (κ2) is 8.49. The number of amides is 2. The monoisotopic (exact) mass is 351 g/mol. The van der Waals surface area contributed by atoms with E-state index in [0.29, 0.717) is 25.2 Å². The summed E-state index contributed by atoms with van der Waals surface area (Å²) < 4.78 is 5.34. The normalized spacial score (nSPS) is 24.8. The fraction of sp³-hybridized carbons (Fsp3) is 0.895. The molecule has 3 rings (SSSR count). The molecular formula is C19H33N3O3. The molecule has 0 saturated carbocycles. The molecule has 3 saturated heterocycles. The number of hydrogen-bond donors (Lipinski definition) is 0. The molecule has 0 aromatic carbocycles. The predicted octanol–water partition coefficient (Wildman–Crippen LogP) is 1.20. The Kier molecular flexibility index (Phi) is 6.34. The van der Waals surface area contributed by atoms with Crippen LogP contribution in [-0.2, 0) is 14.3 Å². The Morgan fingerprint density at radius 3 is 2.00 bits per heavy atom. The topological polar surface area (TPSA) is 53.1 Å². The molecule has 3 heterocycles.